The van der Waals surface area contributed by atoms with Crippen LogP contribution in [0.3, 0.4) is 0 Å². The number of fused-ring (bicyclic) bond motifs is 1. The van der Waals surface area contributed by atoms with Gasteiger partial charge in [0.15, 0.2) is 0 Å². The molecule has 3 rings (SSSR count). The van der Waals surface area contributed by atoms with Crippen molar-refractivity contribution in [1.82, 2.24) is 0 Å². The molecule has 26 heavy (non-hydrogen) atoms. The second kappa shape index (κ2) is 8.47. The third-order valence-electron chi connectivity index (χ3n) is 5.38. The highest BCUT2D eigenvalue weighted by Crippen LogP contribution is 2.40. The minimum atomic E-state index is -0.272. The first-order valence-corrected chi connectivity index (χ1v) is 9.80. The summed E-state index contributed by atoms with van der Waals surface area (Å²) in [6.45, 7) is 2.13. The van der Waals surface area contributed by atoms with Gasteiger partial charge < -0.3 is 4.74 Å². The summed E-state index contributed by atoms with van der Waals surface area (Å²) >= 11 is 0. The predicted molar refractivity (Wildman–Crippen MR) is 98.8 cm³/mol. The smallest absolute Gasteiger partial charge is 0.311 e. The molecule has 2 aliphatic rings. The van der Waals surface area contributed by atoms with Gasteiger partial charge in [0, 0.05) is 12.5 Å². The number of carbonyl (C=O) groups is 3. The summed E-state index contributed by atoms with van der Waals surface area (Å²) in [7, 11) is 0. The first kappa shape index (κ1) is 18.6. The molecule has 5 heteroatoms. The van der Waals surface area contributed by atoms with E-state index in [9.17, 15) is 14.4 Å². The maximum atomic E-state index is 12.7. The summed E-state index contributed by atoms with van der Waals surface area (Å²) in [6.07, 6.45) is 8.05. The molecule has 0 bridgehead atoms. The highest BCUT2D eigenvalue weighted by atomic mass is 16.5. The van der Waals surface area contributed by atoms with E-state index in [0.29, 0.717) is 17.9 Å². The normalized spacial score (nSPS) is 22.4. The SMILES string of the molecule is CCCCCCC(=O)Oc1cccc(N2C(=O)[C@H]3CCCC[C@H]3C2=O)c1. The van der Waals surface area contributed by atoms with Crippen molar-refractivity contribution in [2.75, 3.05) is 4.90 Å². The molecule has 1 saturated heterocycles. The molecule has 1 aromatic rings. The Hall–Kier alpha value is -2.17. The van der Waals surface area contributed by atoms with Gasteiger partial charge in [-0.25, -0.2) is 4.90 Å². The zero-order chi connectivity index (χ0) is 18.5. The number of carbonyl (C=O) groups excluding carboxylic acids is 3. The first-order valence-electron chi connectivity index (χ1n) is 9.80. The third kappa shape index (κ3) is 3.97. The molecule has 0 N–H and O–H groups in total. The molecular weight excluding hydrogens is 330 g/mol. The van der Waals surface area contributed by atoms with Crippen LogP contribution in [0.5, 0.6) is 5.75 Å². The number of hydrogen-bond acceptors (Lipinski definition) is 4. The minimum absolute atomic E-state index is 0.109. The van der Waals surface area contributed by atoms with Crippen LogP contribution in [0.1, 0.15) is 64.7 Å². The third-order valence-corrected chi connectivity index (χ3v) is 5.38. The van der Waals surface area contributed by atoms with Gasteiger partial charge in [0.25, 0.3) is 0 Å². The van der Waals surface area contributed by atoms with Gasteiger partial charge in [-0.15, -0.1) is 0 Å². The fourth-order valence-corrected chi connectivity index (χ4v) is 3.98. The van der Waals surface area contributed by atoms with Crippen molar-refractivity contribution in [3.8, 4) is 5.75 Å². The number of benzene rings is 1. The lowest BCUT2D eigenvalue weighted by Crippen LogP contribution is -2.30. The van der Waals surface area contributed by atoms with Crippen molar-refractivity contribution < 1.29 is 19.1 Å². The van der Waals surface area contributed by atoms with Crippen LogP contribution in [0, 0.1) is 11.8 Å². The molecular formula is C21H27NO4. The number of hydrogen-bond donors (Lipinski definition) is 0. The lowest BCUT2D eigenvalue weighted by Gasteiger charge is -2.19. The lowest BCUT2D eigenvalue weighted by molar-refractivity contribution is -0.134. The van der Waals surface area contributed by atoms with Gasteiger partial charge >= 0.3 is 5.97 Å². The van der Waals surface area contributed by atoms with E-state index in [0.717, 1.165) is 51.4 Å². The molecule has 1 aliphatic heterocycles. The number of unbranched alkanes of at least 4 members (excludes halogenated alkanes) is 3. The Labute approximate surface area is 154 Å². The Morgan fingerprint density at radius 1 is 1.08 bits per heavy atom. The average molecular weight is 357 g/mol. The van der Waals surface area contributed by atoms with Crippen molar-refractivity contribution in [3.63, 3.8) is 0 Å². The van der Waals surface area contributed by atoms with Crippen molar-refractivity contribution in [2.24, 2.45) is 11.8 Å². The van der Waals surface area contributed by atoms with E-state index in [1.54, 1.807) is 24.3 Å². The Morgan fingerprint density at radius 2 is 1.77 bits per heavy atom. The monoisotopic (exact) mass is 357 g/mol. The highest BCUT2D eigenvalue weighted by molar-refractivity contribution is 6.22. The van der Waals surface area contributed by atoms with E-state index in [-0.39, 0.29) is 29.6 Å². The minimum Gasteiger partial charge on any atom is -0.426 e. The van der Waals surface area contributed by atoms with Crippen LogP contribution < -0.4 is 9.64 Å². The molecule has 1 heterocycles. The van der Waals surface area contributed by atoms with Crippen LogP contribution in [0.2, 0.25) is 0 Å². The van der Waals surface area contributed by atoms with Crippen molar-refractivity contribution >= 4 is 23.5 Å². The number of nitrogens with zero attached hydrogens (tertiary/aromatic N) is 1. The van der Waals surface area contributed by atoms with Crippen LogP contribution in [-0.4, -0.2) is 17.8 Å². The molecule has 0 unspecified atom stereocenters. The molecule has 2 fully saturated rings. The average Bonchev–Trinajstić information content (AvgIpc) is 2.90. The first-order chi connectivity index (χ1) is 12.6. The van der Waals surface area contributed by atoms with Crippen LogP contribution >= 0.6 is 0 Å². The number of esters is 1. The van der Waals surface area contributed by atoms with Gasteiger partial charge in [-0.05, 0) is 31.4 Å². The Kier molecular flexibility index (Phi) is 6.07. The summed E-state index contributed by atoms with van der Waals surface area (Å²) in [4.78, 5) is 38.6. The second-order valence-electron chi connectivity index (χ2n) is 7.29. The van der Waals surface area contributed by atoms with Crippen LogP contribution in [0.15, 0.2) is 24.3 Å². The van der Waals surface area contributed by atoms with Crippen molar-refractivity contribution in [2.45, 2.75) is 64.7 Å². The van der Waals surface area contributed by atoms with Crippen molar-refractivity contribution in [3.05, 3.63) is 24.3 Å². The molecule has 5 nitrogen and oxygen atoms in total. The van der Waals surface area contributed by atoms with Gasteiger partial charge in [-0.3, -0.25) is 14.4 Å². The fraction of sp³-hybridized carbons (Fsp3) is 0.571. The van der Waals surface area contributed by atoms with E-state index >= 15 is 0 Å². The van der Waals surface area contributed by atoms with Gasteiger partial charge in [0.2, 0.25) is 11.8 Å². The van der Waals surface area contributed by atoms with E-state index in [1.165, 1.54) is 4.90 Å². The standard InChI is InChI=1S/C21H27NO4/c1-2-3-4-5-13-19(23)26-16-10-8-9-15(14-16)22-20(24)17-11-6-7-12-18(17)21(22)25/h8-10,14,17-18H,2-7,11-13H2,1H3/t17-,18+. The van der Waals surface area contributed by atoms with Gasteiger partial charge in [-0.2, -0.15) is 0 Å². The van der Waals surface area contributed by atoms with E-state index in [1.807, 2.05) is 0 Å². The molecule has 0 aromatic heterocycles. The van der Waals surface area contributed by atoms with Crippen molar-refractivity contribution in [1.29, 1.82) is 0 Å². The summed E-state index contributed by atoms with van der Waals surface area (Å²) in [5.74, 6) is -0.461. The number of rotatable bonds is 7. The molecule has 140 valence electrons. The van der Waals surface area contributed by atoms with Crippen LogP contribution in [0.4, 0.5) is 5.69 Å². The van der Waals surface area contributed by atoms with E-state index in [4.69, 9.17) is 4.74 Å². The number of amides is 2. The Balaban J connectivity index is 1.66. The van der Waals surface area contributed by atoms with Crippen LogP contribution in [0.25, 0.3) is 0 Å². The lowest BCUT2D eigenvalue weighted by atomic mass is 9.81. The quantitative estimate of drug-likeness (QED) is 0.317. The van der Waals surface area contributed by atoms with Gasteiger partial charge in [-0.1, -0.05) is 45.1 Å². The molecule has 1 saturated carbocycles. The summed E-state index contributed by atoms with van der Waals surface area (Å²) in [6, 6.07) is 6.76. The largest absolute Gasteiger partial charge is 0.426 e. The zero-order valence-corrected chi connectivity index (χ0v) is 15.4. The summed E-state index contributed by atoms with van der Waals surface area (Å²) < 4.78 is 5.40. The fourth-order valence-electron chi connectivity index (χ4n) is 3.98. The Morgan fingerprint density at radius 3 is 2.42 bits per heavy atom. The van der Waals surface area contributed by atoms with E-state index < -0.39 is 0 Å². The maximum absolute atomic E-state index is 12.7. The van der Waals surface area contributed by atoms with Gasteiger partial charge in [0.05, 0.1) is 17.5 Å². The maximum Gasteiger partial charge on any atom is 0.311 e. The summed E-state index contributed by atoms with van der Waals surface area (Å²) in [5, 5.41) is 0. The molecule has 0 spiro atoms. The second-order valence-corrected chi connectivity index (χ2v) is 7.29. The summed E-state index contributed by atoms with van der Waals surface area (Å²) in [5.41, 5.74) is 0.505. The highest BCUT2D eigenvalue weighted by Gasteiger charge is 2.48. The molecule has 2 amide bonds. The van der Waals surface area contributed by atoms with E-state index in [2.05, 4.69) is 6.92 Å². The van der Waals surface area contributed by atoms with Crippen LogP contribution in [-0.2, 0) is 14.4 Å². The predicted octanol–water partition coefficient (Wildman–Crippen LogP) is 4.24. The Bertz CT molecular complexity index is 660. The molecule has 1 aliphatic carbocycles. The molecule has 2 atom stereocenters. The number of imide groups is 1. The number of anilines is 1. The zero-order valence-electron chi connectivity index (χ0n) is 15.4. The molecule has 1 aromatic carbocycles. The number of ether oxygens (including phenoxy) is 1. The van der Waals surface area contributed by atoms with Gasteiger partial charge in [0.1, 0.15) is 5.75 Å². The topological polar surface area (TPSA) is 63.7 Å². The molecule has 0 radical (unpaired) electrons.